The Balaban J connectivity index is 2.13. The Kier molecular flexibility index (Phi) is 5.76. The van der Waals surface area contributed by atoms with Crippen LogP contribution in [0.15, 0.2) is 42.5 Å². The second kappa shape index (κ2) is 7.79. The summed E-state index contributed by atoms with van der Waals surface area (Å²) < 4.78 is 18.2. The first-order valence-electron chi connectivity index (χ1n) is 7.02. The highest BCUT2D eigenvalue weighted by atomic mass is 35.5. The molecule has 1 atom stereocenters. The van der Waals surface area contributed by atoms with Crippen molar-refractivity contribution < 1.29 is 23.8 Å². The molecule has 0 aliphatic rings. The first-order valence-corrected chi connectivity index (χ1v) is 7.40. The molecular weight excluding hydrogens is 337 g/mol. The number of ether oxygens (including phenoxy) is 1. The lowest BCUT2D eigenvalue weighted by Crippen LogP contribution is -2.42. The van der Waals surface area contributed by atoms with Gasteiger partial charge in [0.05, 0.1) is 12.1 Å². The minimum atomic E-state index is -1.20. The summed E-state index contributed by atoms with van der Waals surface area (Å²) in [5, 5.41) is 12.0. The van der Waals surface area contributed by atoms with Crippen LogP contribution in [0.5, 0.6) is 5.75 Å². The van der Waals surface area contributed by atoms with E-state index in [1.54, 1.807) is 18.2 Å². The average Bonchev–Trinajstić information content (AvgIpc) is 2.54. The molecule has 0 fully saturated rings. The Labute approximate surface area is 143 Å². The molecule has 0 unspecified atom stereocenters. The SMILES string of the molecule is COc1ccc(C[C@H](NC(=O)c2cccc(F)c2)C(=O)O)cc1Cl. The molecule has 2 rings (SSSR count). The van der Waals surface area contributed by atoms with Crippen LogP contribution in [0.3, 0.4) is 0 Å². The second-order valence-electron chi connectivity index (χ2n) is 5.05. The number of methoxy groups -OCH3 is 1. The number of hydrogen-bond acceptors (Lipinski definition) is 3. The number of carboxylic acid groups (broad SMARTS) is 1. The average molecular weight is 352 g/mol. The molecule has 2 N–H and O–H groups in total. The van der Waals surface area contributed by atoms with Gasteiger partial charge < -0.3 is 15.2 Å². The fraction of sp³-hybridized carbons (Fsp3) is 0.176. The standard InChI is InChI=1S/C17H15ClFNO4/c1-24-15-6-5-10(7-13(15)18)8-14(17(22)23)20-16(21)11-3-2-4-12(19)9-11/h2-7,9,14H,8H2,1H3,(H,20,21)(H,22,23)/t14-/m0/s1. The fourth-order valence-corrected chi connectivity index (χ4v) is 2.42. The molecule has 0 aliphatic heterocycles. The van der Waals surface area contributed by atoms with Crippen LogP contribution in [-0.4, -0.2) is 30.1 Å². The van der Waals surface area contributed by atoms with Gasteiger partial charge in [-0.05, 0) is 35.9 Å². The van der Waals surface area contributed by atoms with Gasteiger partial charge in [-0.1, -0.05) is 23.7 Å². The summed E-state index contributed by atoms with van der Waals surface area (Å²) in [5.41, 5.74) is 0.668. The quantitative estimate of drug-likeness (QED) is 0.839. The van der Waals surface area contributed by atoms with Gasteiger partial charge in [0.25, 0.3) is 5.91 Å². The molecule has 2 aromatic carbocycles. The third-order valence-electron chi connectivity index (χ3n) is 3.35. The van der Waals surface area contributed by atoms with Crippen LogP contribution >= 0.6 is 11.6 Å². The molecule has 0 bridgehead atoms. The molecule has 0 aromatic heterocycles. The molecule has 7 heteroatoms. The van der Waals surface area contributed by atoms with E-state index >= 15 is 0 Å². The van der Waals surface area contributed by atoms with E-state index in [0.717, 1.165) is 6.07 Å². The second-order valence-corrected chi connectivity index (χ2v) is 5.45. The lowest BCUT2D eigenvalue weighted by molar-refractivity contribution is -0.139. The zero-order valence-corrected chi connectivity index (χ0v) is 13.5. The number of aliphatic carboxylic acids is 1. The van der Waals surface area contributed by atoms with Gasteiger partial charge in [0.2, 0.25) is 0 Å². The highest BCUT2D eigenvalue weighted by Gasteiger charge is 2.21. The van der Waals surface area contributed by atoms with Crippen LogP contribution in [0.4, 0.5) is 4.39 Å². The Morgan fingerprint density at radius 1 is 1.29 bits per heavy atom. The molecule has 126 valence electrons. The molecule has 2 aromatic rings. The summed E-state index contributed by atoms with van der Waals surface area (Å²) in [6.07, 6.45) is 0.0279. The van der Waals surface area contributed by atoms with Gasteiger partial charge in [-0.25, -0.2) is 9.18 Å². The molecule has 0 saturated carbocycles. The van der Waals surface area contributed by atoms with Crippen molar-refractivity contribution in [3.8, 4) is 5.75 Å². The first kappa shape index (κ1) is 17.7. The number of rotatable bonds is 6. The number of carbonyl (C=O) groups excluding carboxylic acids is 1. The molecular formula is C17H15ClFNO4. The van der Waals surface area contributed by atoms with Gasteiger partial charge >= 0.3 is 5.97 Å². The third-order valence-corrected chi connectivity index (χ3v) is 3.64. The van der Waals surface area contributed by atoms with Crippen LogP contribution < -0.4 is 10.1 Å². The molecule has 1 amide bonds. The highest BCUT2D eigenvalue weighted by Crippen LogP contribution is 2.25. The maximum Gasteiger partial charge on any atom is 0.326 e. The predicted octanol–water partition coefficient (Wildman–Crippen LogP) is 2.91. The van der Waals surface area contributed by atoms with Crippen LogP contribution in [0.25, 0.3) is 0 Å². The largest absolute Gasteiger partial charge is 0.495 e. The van der Waals surface area contributed by atoms with Crippen molar-refractivity contribution in [3.63, 3.8) is 0 Å². The minimum Gasteiger partial charge on any atom is -0.495 e. The van der Waals surface area contributed by atoms with Gasteiger partial charge in [-0.3, -0.25) is 4.79 Å². The van der Waals surface area contributed by atoms with Crippen LogP contribution in [0, 0.1) is 5.82 Å². The number of halogens is 2. The van der Waals surface area contributed by atoms with E-state index < -0.39 is 23.7 Å². The first-order chi connectivity index (χ1) is 11.4. The monoisotopic (exact) mass is 351 g/mol. The maximum absolute atomic E-state index is 13.2. The number of amides is 1. The van der Waals surface area contributed by atoms with Gasteiger partial charge in [-0.2, -0.15) is 0 Å². The Hall–Kier alpha value is -2.60. The predicted molar refractivity (Wildman–Crippen MR) is 87.0 cm³/mol. The summed E-state index contributed by atoms with van der Waals surface area (Å²) in [6.45, 7) is 0. The van der Waals surface area contributed by atoms with Crippen molar-refractivity contribution in [2.24, 2.45) is 0 Å². The summed E-state index contributed by atoms with van der Waals surface area (Å²) >= 11 is 6.01. The Bertz CT molecular complexity index is 766. The highest BCUT2D eigenvalue weighted by molar-refractivity contribution is 6.32. The van der Waals surface area contributed by atoms with Crippen LogP contribution in [0.2, 0.25) is 5.02 Å². The Morgan fingerprint density at radius 2 is 2.04 bits per heavy atom. The van der Waals surface area contributed by atoms with Gasteiger partial charge in [-0.15, -0.1) is 0 Å². The van der Waals surface area contributed by atoms with E-state index in [2.05, 4.69) is 5.32 Å². The summed E-state index contributed by atoms with van der Waals surface area (Å²) in [6, 6.07) is 8.70. The normalized spacial score (nSPS) is 11.6. The molecule has 0 heterocycles. The van der Waals surface area contributed by atoms with E-state index in [0.29, 0.717) is 16.3 Å². The summed E-state index contributed by atoms with van der Waals surface area (Å²) in [4.78, 5) is 23.5. The maximum atomic E-state index is 13.2. The van der Waals surface area contributed by atoms with Gasteiger partial charge in [0.1, 0.15) is 17.6 Å². The van der Waals surface area contributed by atoms with Gasteiger partial charge in [0.15, 0.2) is 0 Å². The number of carbonyl (C=O) groups is 2. The van der Waals surface area contributed by atoms with Crippen molar-refractivity contribution >= 4 is 23.5 Å². The van der Waals surface area contributed by atoms with Crippen molar-refractivity contribution in [3.05, 3.63) is 64.4 Å². The van der Waals surface area contributed by atoms with Crippen LogP contribution in [0.1, 0.15) is 15.9 Å². The van der Waals surface area contributed by atoms with E-state index in [-0.39, 0.29) is 12.0 Å². The Morgan fingerprint density at radius 3 is 2.62 bits per heavy atom. The zero-order chi connectivity index (χ0) is 17.7. The molecule has 5 nitrogen and oxygen atoms in total. The lowest BCUT2D eigenvalue weighted by Gasteiger charge is -2.15. The fourth-order valence-electron chi connectivity index (χ4n) is 2.14. The topological polar surface area (TPSA) is 75.6 Å². The van der Waals surface area contributed by atoms with E-state index in [4.69, 9.17) is 16.3 Å². The van der Waals surface area contributed by atoms with Gasteiger partial charge in [0, 0.05) is 12.0 Å². The number of benzene rings is 2. The smallest absolute Gasteiger partial charge is 0.326 e. The van der Waals surface area contributed by atoms with E-state index in [1.165, 1.54) is 25.3 Å². The molecule has 0 radical (unpaired) electrons. The molecule has 0 aliphatic carbocycles. The van der Waals surface area contributed by atoms with Crippen molar-refractivity contribution in [2.45, 2.75) is 12.5 Å². The number of nitrogens with one attached hydrogen (secondary N) is 1. The summed E-state index contributed by atoms with van der Waals surface area (Å²) in [7, 11) is 1.47. The van der Waals surface area contributed by atoms with E-state index in [9.17, 15) is 19.1 Å². The van der Waals surface area contributed by atoms with Crippen molar-refractivity contribution in [1.29, 1.82) is 0 Å². The molecule has 0 spiro atoms. The lowest BCUT2D eigenvalue weighted by atomic mass is 10.0. The van der Waals surface area contributed by atoms with E-state index in [1.807, 2.05) is 0 Å². The zero-order valence-electron chi connectivity index (χ0n) is 12.8. The molecule has 0 saturated heterocycles. The summed E-state index contributed by atoms with van der Waals surface area (Å²) in [5.74, 6) is -1.97. The van der Waals surface area contributed by atoms with Crippen LogP contribution in [-0.2, 0) is 11.2 Å². The molecule has 24 heavy (non-hydrogen) atoms. The van der Waals surface area contributed by atoms with Crippen molar-refractivity contribution in [2.75, 3.05) is 7.11 Å². The number of hydrogen-bond donors (Lipinski definition) is 2. The van der Waals surface area contributed by atoms with Crippen molar-refractivity contribution in [1.82, 2.24) is 5.32 Å². The number of carboxylic acids is 1. The minimum absolute atomic E-state index is 0.0279. The third kappa shape index (κ3) is 4.45.